The van der Waals surface area contributed by atoms with Crippen molar-refractivity contribution < 1.29 is 19.1 Å². The summed E-state index contributed by atoms with van der Waals surface area (Å²) in [6, 6.07) is 8.45. The highest BCUT2D eigenvalue weighted by atomic mass is 16.5. The zero-order valence-electron chi connectivity index (χ0n) is 21.0. The Bertz CT molecular complexity index is 1050. The third-order valence-electron chi connectivity index (χ3n) is 8.31. The maximum absolute atomic E-state index is 14.1. The number of esters is 1. The number of carbonyl (C=O) groups excluding carboxylic acids is 3. The van der Waals surface area contributed by atoms with Crippen LogP contribution in [0, 0.1) is 17.8 Å². The lowest BCUT2D eigenvalue weighted by molar-refractivity contribution is -0.146. The van der Waals surface area contributed by atoms with Crippen LogP contribution in [0.15, 0.2) is 48.6 Å². The SMILES string of the molecule is CCOC(=O)CC(=O)N[C@@H]1CCCC[C@@H]1C(=O)N1CC[C@@H]2[C@H](C3C=CC=CC3)Nc3ccccc3[C@@H]21. The number of hydrogen-bond acceptors (Lipinski definition) is 5. The number of nitrogens with one attached hydrogen (secondary N) is 2. The molecule has 0 aromatic heterocycles. The summed E-state index contributed by atoms with van der Waals surface area (Å²) in [5, 5.41) is 6.81. The Morgan fingerprint density at radius 3 is 2.75 bits per heavy atom. The molecule has 0 radical (unpaired) electrons. The molecule has 7 heteroatoms. The van der Waals surface area contributed by atoms with E-state index in [0.29, 0.717) is 11.8 Å². The van der Waals surface area contributed by atoms with Crippen molar-refractivity contribution in [3.8, 4) is 0 Å². The molecule has 2 aliphatic heterocycles. The van der Waals surface area contributed by atoms with Crippen LogP contribution in [0.25, 0.3) is 0 Å². The van der Waals surface area contributed by atoms with Gasteiger partial charge < -0.3 is 20.3 Å². The molecule has 1 saturated carbocycles. The number of para-hydroxylation sites is 1. The van der Waals surface area contributed by atoms with Gasteiger partial charge in [0, 0.05) is 36.2 Å². The van der Waals surface area contributed by atoms with Crippen LogP contribution >= 0.6 is 0 Å². The van der Waals surface area contributed by atoms with Gasteiger partial charge in [-0.25, -0.2) is 0 Å². The maximum Gasteiger partial charge on any atom is 0.315 e. The minimum Gasteiger partial charge on any atom is -0.466 e. The molecule has 2 amide bonds. The molecule has 2 aliphatic carbocycles. The zero-order valence-corrected chi connectivity index (χ0v) is 21.0. The Morgan fingerprint density at radius 2 is 1.94 bits per heavy atom. The average Bonchev–Trinajstić information content (AvgIpc) is 3.34. The monoisotopic (exact) mass is 491 g/mol. The van der Waals surface area contributed by atoms with Crippen LogP contribution in [-0.2, 0) is 19.1 Å². The first kappa shape index (κ1) is 24.6. The van der Waals surface area contributed by atoms with Gasteiger partial charge in [0.05, 0.1) is 18.6 Å². The van der Waals surface area contributed by atoms with Crippen molar-refractivity contribution in [3.63, 3.8) is 0 Å². The Morgan fingerprint density at radius 1 is 1.11 bits per heavy atom. The van der Waals surface area contributed by atoms with Crippen LogP contribution in [0.3, 0.4) is 0 Å². The molecule has 1 aromatic rings. The number of fused-ring (bicyclic) bond motifs is 3. The molecule has 1 aromatic carbocycles. The summed E-state index contributed by atoms with van der Waals surface area (Å²) >= 11 is 0. The summed E-state index contributed by atoms with van der Waals surface area (Å²) in [6.45, 7) is 2.70. The van der Waals surface area contributed by atoms with E-state index in [1.807, 2.05) is 0 Å². The first-order valence-corrected chi connectivity index (χ1v) is 13.5. The van der Waals surface area contributed by atoms with Gasteiger partial charge in [0.15, 0.2) is 0 Å². The summed E-state index contributed by atoms with van der Waals surface area (Å²) in [5.41, 5.74) is 2.31. The summed E-state index contributed by atoms with van der Waals surface area (Å²) < 4.78 is 4.92. The molecule has 6 atom stereocenters. The van der Waals surface area contributed by atoms with Crippen LogP contribution in [0.2, 0.25) is 0 Å². The first-order chi connectivity index (χ1) is 17.6. The van der Waals surface area contributed by atoms with Crippen LogP contribution in [0.1, 0.15) is 63.5 Å². The number of benzene rings is 1. The zero-order chi connectivity index (χ0) is 25.1. The van der Waals surface area contributed by atoms with Gasteiger partial charge in [0.25, 0.3) is 0 Å². The summed E-state index contributed by atoms with van der Waals surface area (Å²) in [5.74, 6) is -0.275. The number of carbonyl (C=O) groups is 3. The number of hydrogen-bond donors (Lipinski definition) is 2. The fraction of sp³-hybridized carbons (Fsp3) is 0.552. The highest BCUT2D eigenvalue weighted by Crippen LogP contribution is 2.49. The second-order valence-electron chi connectivity index (χ2n) is 10.4. The number of nitrogens with zero attached hydrogens (tertiary/aromatic N) is 1. The van der Waals surface area contributed by atoms with E-state index in [4.69, 9.17) is 4.74 Å². The molecule has 0 bridgehead atoms. The number of allylic oxidation sites excluding steroid dienone is 3. The minimum atomic E-state index is -0.528. The van der Waals surface area contributed by atoms with E-state index >= 15 is 0 Å². The normalized spacial score (nSPS) is 30.6. The van der Waals surface area contributed by atoms with Crippen molar-refractivity contribution in [2.24, 2.45) is 17.8 Å². The fourth-order valence-electron chi connectivity index (χ4n) is 6.71. The lowest BCUT2D eigenvalue weighted by Crippen LogP contribution is -2.51. The summed E-state index contributed by atoms with van der Waals surface area (Å²) in [7, 11) is 0. The first-order valence-electron chi connectivity index (χ1n) is 13.5. The minimum absolute atomic E-state index is 0.0390. The Kier molecular flexibility index (Phi) is 7.44. The molecule has 7 nitrogen and oxygen atoms in total. The second-order valence-corrected chi connectivity index (χ2v) is 10.4. The molecular formula is C29H37N3O4. The number of rotatable bonds is 6. The predicted octanol–water partition coefficient (Wildman–Crippen LogP) is 4.13. The molecule has 36 heavy (non-hydrogen) atoms. The quantitative estimate of drug-likeness (QED) is 0.462. The van der Waals surface area contributed by atoms with E-state index in [1.54, 1.807) is 6.92 Å². The molecule has 4 aliphatic rings. The molecule has 5 rings (SSSR count). The maximum atomic E-state index is 14.1. The molecule has 2 N–H and O–H groups in total. The third-order valence-corrected chi connectivity index (χ3v) is 8.31. The van der Waals surface area contributed by atoms with E-state index in [1.165, 1.54) is 5.56 Å². The largest absolute Gasteiger partial charge is 0.466 e. The average molecular weight is 492 g/mol. The standard InChI is InChI=1S/C29H37N3O4/c1-2-36-26(34)18-25(33)30-24-15-9-7-13-21(24)29(35)32-17-16-22-27(19-10-4-3-5-11-19)31-23-14-8-6-12-20(23)28(22)32/h3-6,8,10,12,14,19,21-22,24,27-28,31H,2,7,9,11,13,15-18H2,1H3,(H,30,33)/t19?,21-,22+,24+,27-,28-/m0/s1. The van der Waals surface area contributed by atoms with Crippen molar-refractivity contribution in [1.29, 1.82) is 0 Å². The second kappa shape index (κ2) is 10.9. The van der Waals surface area contributed by atoms with Gasteiger partial charge in [0.2, 0.25) is 11.8 Å². The van der Waals surface area contributed by atoms with Gasteiger partial charge in [0.1, 0.15) is 6.42 Å². The van der Waals surface area contributed by atoms with Gasteiger partial charge in [-0.1, -0.05) is 55.3 Å². The lowest BCUT2D eigenvalue weighted by Gasteiger charge is -2.44. The van der Waals surface area contributed by atoms with Crippen molar-refractivity contribution in [2.45, 2.75) is 70.0 Å². The number of anilines is 1. The molecule has 2 fully saturated rings. The van der Waals surface area contributed by atoms with Crippen molar-refractivity contribution in [2.75, 3.05) is 18.5 Å². The van der Waals surface area contributed by atoms with Gasteiger partial charge in [-0.15, -0.1) is 0 Å². The van der Waals surface area contributed by atoms with E-state index in [-0.39, 0.29) is 48.9 Å². The number of likely N-dealkylation sites (tertiary alicyclic amines) is 1. The van der Waals surface area contributed by atoms with Crippen molar-refractivity contribution in [3.05, 3.63) is 54.1 Å². The van der Waals surface area contributed by atoms with Gasteiger partial charge in [-0.05, 0) is 44.2 Å². The number of ether oxygens (including phenoxy) is 1. The fourth-order valence-corrected chi connectivity index (χ4v) is 6.71. The summed E-state index contributed by atoms with van der Waals surface area (Å²) in [4.78, 5) is 40.5. The third kappa shape index (κ3) is 4.93. The van der Waals surface area contributed by atoms with Crippen molar-refractivity contribution >= 4 is 23.5 Å². The summed E-state index contributed by atoms with van der Waals surface area (Å²) in [6.07, 6.45) is 13.9. The molecule has 2 heterocycles. The van der Waals surface area contributed by atoms with Gasteiger partial charge in [-0.3, -0.25) is 14.4 Å². The van der Waals surface area contributed by atoms with E-state index < -0.39 is 5.97 Å². The Hall–Kier alpha value is -3.09. The van der Waals surface area contributed by atoms with Crippen LogP contribution < -0.4 is 10.6 Å². The van der Waals surface area contributed by atoms with Gasteiger partial charge in [-0.2, -0.15) is 0 Å². The highest BCUT2D eigenvalue weighted by Gasteiger charge is 2.49. The van der Waals surface area contributed by atoms with Crippen LogP contribution in [0.5, 0.6) is 0 Å². The number of amides is 2. The van der Waals surface area contributed by atoms with Crippen LogP contribution in [-0.4, -0.2) is 47.9 Å². The van der Waals surface area contributed by atoms with Gasteiger partial charge >= 0.3 is 5.97 Å². The Balaban J connectivity index is 1.36. The Labute approximate surface area is 213 Å². The highest BCUT2D eigenvalue weighted by molar-refractivity contribution is 5.94. The van der Waals surface area contributed by atoms with E-state index in [2.05, 4.69) is 64.1 Å². The van der Waals surface area contributed by atoms with Crippen LogP contribution in [0.4, 0.5) is 5.69 Å². The molecule has 1 saturated heterocycles. The van der Waals surface area contributed by atoms with Crippen molar-refractivity contribution in [1.82, 2.24) is 10.2 Å². The molecule has 1 unspecified atom stereocenters. The topological polar surface area (TPSA) is 87.7 Å². The predicted molar refractivity (Wildman–Crippen MR) is 138 cm³/mol. The molecule has 192 valence electrons. The smallest absolute Gasteiger partial charge is 0.315 e. The van der Waals surface area contributed by atoms with E-state index in [0.717, 1.165) is 50.8 Å². The lowest BCUT2D eigenvalue weighted by atomic mass is 9.75. The molecular weight excluding hydrogens is 454 g/mol. The molecule has 0 spiro atoms. The van der Waals surface area contributed by atoms with E-state index in [9.17, 15) is 14.4 Å².